The van der Waals surface area contributed by atoms with E-state index in [9.17, 15) is 4.79 Å². The number of para-hydroxylation sites is 1. The standard InChI is InChI=1S/C12H14N2OS/c13-8-7-9(15)5-6-12-14-10-3-1-2-4-11(10)16-12/h1-4H,5-8,13H2. The van der Waals surface area contributed by atoms with Gasteiger partial charge in [-0.25, -0.2) is 4.98 Å². The molecule has 1 aromatic heterocycles. The molecule has 0 fully saturated rings. The Bertz CT molecular complexity index is 459. The van der Waals surface area contributed by atoms with Gasteiger partial charge in [-0.15, -0.1) is 11.3 Å². The van der Waals surface area contributed by atoms with Crippen LogP contribution in [-0.2, 0) is 11.2 Å². The number of nitrogens with two attached hydrogens (primary N) is 1. The van der Waals surface area contributed by atoms with Gasteiger partial charge in [0.1, 0.15) is 5.78 Å². The van der Waals surface area contributed by atoms with Crippen LogP contribution in [0, 0.1) is 0 Å². The van der Waals surface area contributed by atoms with Crippen molar-refractivity contribution in [3.05, 3.63) is 29.3 Å². The average Bonchev–Trinajstić information content (AvgIpc) is 2.69. The minimum absolute atomic E-state index is 0.224. The highest BCUT2D eigenvalue weighted by molar-refractivity contribution is 7.18. The maximum Gasteiger partial charge on any atom is 0.134 e. The van der Waals surface area contributed by atoms with Crippen molar-refractivity contribution in [3.8, 4) is 0 Å². The van der Waals surface area contributed by atoms with E-state index in [2.05, 4.69) is 11.1 Å². The first-order valence-corrected chi connectivity index (χ1v) is 6.17. The summed E-state index contributed by atoms with van der Waals surface area (Å²) in [6, 6.07) is 8.03. The molecule has 2 N–H and O–H groups in total. The van der Waals surface area contributed by atoms with Crippen molar-refractivity contribution in [2.75, 3.05) is 6.54 Å². The summed E-state index contributed by atoms with van der Waals surface area (Å²) in [7, 11) is 0. The zero-order valence-electron chi connectivity index (χ0n) is 8.98. The zero-order chi connectivity index (χ0) is 11.4. The zero-order valence-corrected chi connectivity index (χ0v) is 9.80. The first kappa shape index (κ1) is 11.2. The van der Waals surface area contributed by atoms with E-state index in [-0.39, 0.29) is 5.78 Å². The van der Waals surface area contributed by atoms with Gasteiger partial charge in [-0.05, 0) is 18.7 Å². The van der Waals surface area contributed by atoms with Gasteiger partial charge in [-0.3, -0.25) is 4.79 Å². The van der Waals surface area contributed by atoms with E-state index in [0.29, 0.717) is 19.4 Å². The number of nitrogens with zero attached hydrogens (tertiary/aromatic N) is 1. The van der Waals surface area contributed by atoms with Crippen LogP contribution in [0.4, 0.5) is 0 Å². The SMILES string of the molecule is NCCC(=O)CCc1nc2ccccc2s1. The second kappa shape index (κ2) is 5.18. The van der Waals surface area contributed by atoms with Crippen LogP contribution in [0.15, 0.2) is 24.3 Å². The van der Waals surface area contributed by atoms with Crippen LogP contribution in [0.25, 0.3) is 10.2 Å². The quantitative estimate of drug-likeness (QED) is 0.862. The molecule has 0 amide bonds. The molecule has 0 saturated carbocycles. The Kier molecular flexibility index (Phi) is 3.64. The molecular formula is C12H14N2OS. The van der Waals surface area contributed by atoms with E-state index >= 15 is 0 Å². The Labute approximate surface area is 98.3 Å². The van der Waals surface area contributed by atoms with E-state index in [1.54, 1.807) is 11.3 Å². The second-order valence-corrected chi connectivity index (χ2v) is 4.77. The summed E-state index contributed by atoms with van der Waals surface area (Å²) in [6.45, 7) is 0.443. The Hall–Kier alpha value is -1.26. The van der Waals surface area contributed by atoms with Gasteiger partial charge in [0, 0.05) is 19.3 Å². The van der Waals surface area contributed by atoms with Crippen LogP contribution in [0.3, 0.4) is 0 Å². The molecule has 0 aliphatic carbocycles. The van der Waals surface area contributed by atoms with Crippen LogP contribution < -0.4 is 5.73 Å². The Morgan fingerprint density at radius 3 is 2.88 bits per heavy atom. The number of carbonyl (C=O) groups excluding carboxylic acids is 1. The lowest BCUT2D eigenvalue weighted by molar-refractivity contribution is -0.118. The molecule has 1 aromatic carbocycles. The largest absolute Gasteiger partial charge is 0.330 e. The molecule has 2 aromatic rings. The third-order valence-corrected chi connectivity index (χ3v) is 3.48. The Balaban J connectivity index is 2.02. The monoisotopic (exact) mass is 234 g/mol. The molecule has 0 atom stereocenters. The molecule has 3 nitrogen and oxygen atoms in total. The number of fused-ring (bicyclic) bond motifs is 1. The van der Waals surface area contributed by atoms with E-state index < -0.39 is 0 Å². The lowest BCUT2D eigenvalue weighted by atomic mass is 10.2. The first-order valence-electron chi connectivity index (χ1n) is 5.36. The molecule has 16 heavy (non-hydrogen) atoms. The summed E-state index contributed by atoms with van der Waals surface area (Å²) < 4.78 is 1.18. The number of Topliss-reactive ketones (excluding diaryl/α,β-unsaturated/α-hetero) is 1. The number of benzene rings is 1. The molecule has 0 aliphatic rings. The van der Waals surface area contributed by atoms with Gasteiger partial charge in [0.15, 0.2) is 0 Å². The maximum absolute atomic E-state index is 11.3. The number of aryl methyl sites for hydroxylation is 1. The van der Waals surface area contributed by atoms with Crippen LogP contribution in [0.1, 0.15) is 17.8 Å². The van der Waals surface area contributed by atoms with Gasteiger partial charge in [-0.2, -0.15) is 0 Å². The summed E-state index contributed by atoms with van der Waals surface area (Å²) in [5, 5.41) is 1.03. The van der Waals surface area contributed by atoms with Crippen molar-refractivity contribution in [1.82, 2.24) is 4.98 Å². The van der Waals surface area contributed by atoms with Crippen molar-refractivity contribution in [1.29, 1.82) is 0 Å². The average molecular weight is 234 g/mol. The minimum Gasteiger partial charge on any atom is -0.330 e. The van der Waals surface area contributed by atoms with Crippen molar-refractivity contribution >= 4 is 27.3 Å². The Morgan fingerprint density at radius 1 is 1.31 bits per heavy atom. The minimum atomic E-state index is 0.224. The number of hydrogen-bond donors (Lipinski definition) is 1. The van der Waals surface area contributed by atoms with Crippen molar-refractivity contribution in [2.24, 2.45) is 5.73 Å². The number of ketones is 1. The molecule has 0 aliphatic heterocycles. The molecule has 1 heterocycles. The van der Waals surface area contributed by atoms with Gasteiger partial charge in [0.25, 0.3) is 0 Å². The van der Waals surface area contributed by atoms with Gasteiger partial charge < -0.3 is 5.73 Å². The summed E-state index contributed by atoms with van der Waals surface area (Å²) in [5.41, 5.74) is 6.35. The number of aromatic nitrogens is 1. The maximum atomic E-state index is 11.3. The molecule has 0 spiro atoms. The van der Waals surface area contributed by atoms with Crippen LogP contribution in [0.2, 0.25) is 0 Å². The predicted octanol–water partition coefficient (Wildman–Crippen LogP) is 2.15. The third kappa shape index (κ3) is 2.65. The summed E-state index contributed by atoms with van der Waals surface area (Å²) in [5.74, 6) is 0.224. The number of thiazole rings is 1. The fraction of sp³-hybridized carbons (Fsp3) is 0.333. The lowest BCUT2D eigenvalue weighted by Gasteiger charge is -1.95. The molecule has 0 unspecified atom stereocenters. The van der Waals surface area contributed by atoms with Crippen molar-refractivity contribution in [3.63, 3.8) is 0 Å². The number of carbonyl (C=O) groups is 1. The summed E-state index contributed by atoms with van der Waals surface area (Å²) in [6.07, 6.45) is 1.76. The highest BCUT2D eigenvalue weighted by atomic mass is 32.1. The summed E-state index contributed by atoms with van der Waals surface area (Å²) >= 11 is 1.66. The van der Waals surface area contributed by atoms with Crippen LogP contribution in [0.5, 0.6) is 0 Å². The number of rotatable bonds is 5. The predicted molar refractivity (Wildman–Crippen MR) is 66.6 cm³/mol. The van der Waals surface area contributed by atoms with Gasteiger partial charge >= 0.3 is 0 Å². The summed E-state index contributed by atoms with van der Waals surface area (Å²) in [4.78, 5) is 15.8. The normalized spacial score (nSPS) is 10.8. The van der Waals surface area contributed by atoms with Gasteiger partial charge in [-0.1, -0.05) is 12.1 Å². The second-order valence-electron chi connectivity index (χ2n) is 3.65. The fourth-order valence-electron chi connectivity index (χ4n) is 1.56. The molecular weight excluding hydrogens is 220 g/mol. The van der Waals surface area contributed by atoms with E-state index in [4.69, 9.17) is 5.73 Å². The molecule has 2 rings (SSSR count). The van der Waals surface area contributed by atoms with Crippen molar-refractivity contribution < 1.29 is 4.79 Å². The number of hydrogen-bond acceptors (Lipinski definition) is 4. The lowest BCUT2D eigenvalue weighted by Crippen LogP contribution is -2.08. The molecule has 0 saturated heterocycles. The molecule has 84 valence electrons. The highest BCUT2D eigenvalue weighted by Gasteiger charge is 2.06. The smallest absolute Gasteiger partial charge is 0.134 e. The fourth-order valence-corrected chi connectivity index (χ4v) is 2.53. The first-order chi connectivity index (χ1) is 7.79. The van der Waals surface area contributed by atoms with Crippen LogP contribution >= 0.6 is 11.3 Å². The van der Waals surface area contributed by atoms with Crippen molar-refractivity contribution in [2.45, 2.75) is 19.3 Å². The van der Waals surface area contributed by atoms with E-state index in [1.807, 2.05) is 18.2 Å². The molecule has 0 radical (unpaired) electrons. The molecule has 4 heteroatoms. The van der Waals surface area contributed by atoms with E-state index in [0.717, 1.165) is 16.9 Å². The third-order valence-electron chi connectivity index (χ3n) is 2.38. The topological polar surface area (TPSA) is 56.0 Å². The van der Waals surface area contributed by atoms with Crippen LogP contribution in [-0.4, -0.2) is 17.3 Å². The Morgan fingerprint density at radius 2 is 2.12 bits per heavy atom. The van der Waals surface area contributed by atoms with E-state index in [1.165, 1.54) is 4.70 Å². The van der Waals surface area contributed by atoms with Gasteiger partial charge in [0.05, 0.1) is 15.2 Å². The highest BCUT2D eigenvalue weighted by Crippen LogP contribution is 2.22. The molecule has 0 bridgehead atoms. The van der Waals surface area contributed by atoms with Gasteiger partial charge in [0.2, 0.25) is 0 Å².